The fourth-order valence-electron chi connectivity index (χ4n) is 4.38. The molecule has 0 amide bonds. The molecular weight excluding hydrogens is 416 g/mol. The van der Waals surface area contributed by atoms with Gasteiger partial charge < -0.3 is 0 Å². The molecule has 0 unspecified atom stereocenters. The molecule has 0 saturated heterocycles. The maximum atomic E-state index is 4.77. The van der Waals surface area contributed by atoms with Crippen LogP contribution in [0.5, 0.6) is 0 Å². The Morgan fingerprint density at radius 1 is 0.529 bits per heavy atom. The van der Waals surface area contributed by atoms with Gasteiger partial charge in [0.15, 0.2) is 0 Å². The van der Waals surface area contributed by atoms with Gasteiger partial charge in [-0.2, -0.15) is 15.3 Å². The van der Waals surface area contributed by atoms with E-state index >= 15 is 0 Å². The third-order valence-electron chi connectivity index (χ3n) is 6.30. The Kier molecular flexibility index (Phi) is 7.58. The van der Waals surface area contributed by atoms with Gasteiger partial charge >= 0.3 is 0 Å². The first-order valence-corrected chi connectivity index (χ1v) is 12.0. The van der Waals surface area contributed by atoms with Crippen molar-refractivity contribution in [3.05, 3.63) is 96.6 Å². The van der Waals surface area contributed by atoms with Crippen LogP contribution >= 0.6 is 0 Å². The van der Waals surface area contributed by atoms with Gasteiger partial charge in [0.1, 0.15) is 0 Å². The lowest BCUT2D eigenvalue weighted by Gasteiger charge is -2.25. The molecule has 0 N–H and O–H groups in total. The minimum absolute atomic E-state index is 0.587. The zero-order valence-electron chi connectivity index (χ0n) is 20.4. The summed E-state index contributed by atoms with van der Waals surface area (Å²) in [6.07, 6.45) is 0.993. The largest absolute Gasteiger partial charge is 0.151 e. The minimum Gasteiger partial charge on any atom is -0.151 e. The van der Waals surface area contributed by atoms with E-state index in [-0.39, 0.29) is 0 Å². The summed E-state index contributed by atoms with van der Waals surface area (Å²) in [6.45, 7) is 9.24. The molecule has 0 atom stereocenters. The lowest BCUT2D eigenvalue weighted by molar-refractivity contribution is 0.286. The Morgan fingerprint density at radius 3 is 1.68 bits per heavy atom. The summed E-state index contributed by atoms with van der Waals surface area (Å²) in [5.41, 5.74) is 4.63. The van der Waals surface area contributed by atoms with Crippen molar-refractivity contribution in [1.29, 1.82) is 0 Å². The summed E-state index contributed by atoms with van der Waals surface area (Å²) >= 11 is 0. The van der Waals surface area contributed by atoms with E-state index < -0.39 is 0 Å². The molecule has 4 aromatic rings. The van der Waals surface area contributed by atoms with Gasteiger partial charge in [0.25, 0.3) is 0 Å². The molecular formula is C30H32N4. The second-order valence-electron chi connectivity index (χ2n) is 9.40. The Labute approximate surface area is 202 Å². The molecule has 172 valence electrons. The van der Waals surface area contributed by atoms with Crippen molar-refractivity contribution in [3.63, 3.8) is 0 Å². The highest BCUT2D eigenvalue weighted by Gasteiger charge is 2.20. The van der Waals surface area contributed by atoms with Gasteiger partial charge in [-0.15, -0.1) is 5.11 Å². The number of benzene rings is 4. The molecule has 34 heavy (non-hydrogen) atoms. The first kappa shape index (κ1) is 23.5. The fraction of sp³-hybridized carbons (Fsp3) is 0.267. The van der Waals surface area contributed by atoms with Crippen molar-refractivity contribution in [2.24, 2.45) is 38.2 Å². The highest BCUT2D eigenvalue weighted by molar-refractivity contribution is 5.94. The average molecular weight is 449 g/mol. The van der Waals surface area contributed by atoms with E-state index in [9.17, 15) is 0 Å². The third kappa shape index (κ3) is 5.82. The maximum absolute atomic E-state index is 4.77. The highest BCUT2D eigenvalue weighted by Crippen LogP contribution is 2.36. The van der Waals surface area contributed by atoms with E-state index in [2.05, 4.69) is 79.4 Å². The highest BCUT2D eigenvalue weighted by atomic mass is 15.1. The second kappa shape index (κ2) is 11.0. The zero-order valence-corrected chi connectivity index (χ0v) is 20.4. The molecule has 0 aliphatic carbocycles. The summed E-state index contributed by atoms with van der Waals surface area (Å²) in [7, 11) is 0. The number of rotatable bonds is 8. The van der Waals surface area contributed by atoms with Gasteiger partial charge in [0.05, 0.1) is 22.7 Å². The monoisotopic (exact) mass is 448 g/mol. The van der Waals surface area contributed by atoms with Crippen LogP contribution in [0.3, 0.4) is 0 Å². The molecule has 4 heteroatoms. The van der Waals surface area contributed by atoms with Gasteiger partial charge in [-0.1, -0.05) is 82.3 Å². The van der Waals surface area contributed by atoms with Crippen molar-refractivity contribution in [2.75, 3.05) is 0 Å². The van der Waals surface area contributed by atoms with Gasteiger partial charge in [-0.3, -0.25) is 0 Å². The molecule has 0 aromatic heterocycles. The fourth-order valence-corrected chi connectivity index (χ4v) is 4.38. The Balaban J connectivity index is 1.61. The minimum atomic E-state index is 0.587. The third-order valence-corrected chi connectivity index (χ3v) is 6.30. The number of hydrogen-bond acceptors (Lipinski definition) is 4. The predicted molar refractivity (Wildman–Crippen MR) is 142 cm³/mol. The van der Waals surface area contributed by atoms with Gasteiger partial charge in [-0.05, 0) is 71.5 Å². The summed E-state index contributed by atoms with van der Waals surface area (Å²) in [6, 6.07) is 30.2. The van der Waals surface area contributed by atoms with Crippen molar-refractivity contribution >= 4 is 33.5 Å². The normalized spacial score (nSPS) is 12.2. The van der Waals surface area contributed by atoms with Crippen LogP contribution in [-0.4, -0.2) is 0 Å². The molecule has 4 rings (SSSR count). The van der Waals surface area contributed by atoms with E-state index in [0.717, 1.165) is 34.6 Å². The number of fused-ring (bicyclic) bond motifs is 1. The van der Waals surface area contributed by atoms with Gasteiger partial charge in [0, 0.05) is 5.39 Å². The van der Waals surface area contributed by atoms with Gasteiger partial charge in [0.2, 0.25) is 0 Å². The molecule has 4 aromatic carbocycles. The van der Waals surface area contributed by atoms with E-state index in [1.807, 2.05) is 54.6 Å². The quantitative estimate of drug-likeness (QED) is 0.241. The smallest absolute Gasteiger partial charge is 0.0967 e. The standard InChI is InChI=1S/C30H32N4/c1-21(2)29(22(3)4)20-24-15-14-23-10-8-9-13-28(23)30(24)34-33-27-18-16-26(17-19-27)32-31-25-11-6-5-7-12-25/h5-19,21-22,29H,20H2,1-4H3/b32-31+,34-33+. The number of nitrogens with zero attached hydrogens (tertiary/aromatic N) is 4. The Morgan fingerprint density at radius 2 is 1.06 bits per heavy atom. The molecule has 0 aliphatic rings. The van der Waals surface area contributed by atoms with Crippen LogP contribution in [0.25, 0.3) is 10.8 Å². The summed E-state index contributed by atoms with van der Waals surface area (Å²) in [4.78, 5) is 0. The van der Waals surface area contributed by atoms with Crippen LogP contribution in [0.15, 0.2) is 111 Å². The van der Waals surface area contributed by atoms with Crippen LogP contribution in [0.2, 0.25) is 0 Å². The van der Waals surface area contributed by atoms with E-state index in [0.29, 0.717) is 17.8 Å². The molecule has 0 radical (unpaired) electrons. The molecule has 0 saturated carbocycles. The SMILES string of the molecule is CC(C)C(Cc1ccc2ccccc2c1/N=N/c1ccc(/N=N/c2ccccc2)cc1)C(C)C. The maximum Gasteiger partial charge on any atom is 0.0967 e. The molecule has 0 spiro atoms. The van der Waals surface area contributed by atoms with Crippen LogP contribution in [0.4, 0.5) is 22.7 Å². The van der Waals surface area contributed by atoms with Gasteiger partial charge in [-0.25, -0.2) is 0 Å². The number of hydrogen-bond donors (Lipinski definition) is 0. The topological polar surface area (TPSA) is 49.4 Å². The van der Waals surface area contributed by atoms with Crippen molar-refractivity contribution in [1.82, 2.24) is 0 Å². The summed E-state index contributed by atoms with van der Waals surface area (Å²) in [5, 5.41) is 20.3. The number of azo groups is 2. The molecule has 4 nitrogen and oxygen atoms in total. The zero-order chi connectivity index (χ0) is 23.9. The van der Waals surface area contributed by atoms with Crippen molar-refractivity contribution in [2.45, 2.75) is 34.1 Å². The van der Waals surface area contributed by atoms with Crippen LogP contribution in [-0.2, 0) is 6.42 Å². The summed E-state index contributed by atoms with van der Waals surface area (Å²) in [5.74, 6) is 1.80. The van der Waals surface area contributed by atoms with Crippen molar-refractivity contribution < 1.29 is 0 Å². The van der Waals surface area contributed by atoms with E-state index in [1.165, 1.54) is 10.9 Å². The van der Waals surface area contributed by atoms with Crippen LogP contribution < -0.4 is 0 Å². The average Bonchev–Trinajstić information content (AvgIpc) is 2.85. The van der Waals surface area contributed by atoms with E-state index in [1.54, 1.807) is 0 Å². The van der Waals surface area contributed by atoms with Crippen molar-refractivity contribution in [3.8, 4) is 0 Å². The lowest BCUT2D eigenvalue weighted by atomic mass is 9.80. The second-order valence-corrected chi connectivity index (χ2v) is 9.40. The summed E-state index contributed by atoms with van der Waals surface area (Å²) < 4.78 is 0. The molecule has 0 heterocycles. The lowest BCUT2D eigenvalue weighted by Crippen LogP contribution is -2.18. The predicted octanol–water partition coefficient (Wildman–Crippen LogP) is 10.1. The molecule has 0 bridgehead atoms. The Bertz CT molecular complexity index is 1260. The first-order valence-electron chi connectivity index (χ1n) is 12.0. The first-order chi connectivity index (χ1) is 16.5. The van der Waals surface area contributed by atoms with Crippen LogP contribution in [0.1, 0.15) is 33.3 Å². The Hall–Kier alpha value is -3.66. The molecule has 0 aliphatic heterocycles. The van der Waals surface area contributed by atoms with E-state index in [4.69, 9.17) is 5.11 Å². The molecule has 0 fully saturated rings. The van der Waals surface area contributed by atoms with Crippen LogP contribution in [0, 0.1) is 17.8 Å².